The Kier molecular flexibility index (Phi) is 6.53. The van der Waals surface area contributed by atoms with E-state index in [1.807, 2.05) is 36.4 Å². The van der Waals surface area contributed by atoms with Crippen LogP contribution in [0.1, 0.15) is 34.3 Å². The first-order valence-corrected chi connectivity index (χ1v) is 10.0. The second-order valence-corrected chi connectivity index (χ2v) is 7.17. The normalized spacial score (nSPS) is 13.7. The van der Waals surface area contributed by atoms with Crippen molar-refractivity contribution in [2.75, 3.05) is 18.5 Å². The highest BCUT2D eigenvalue weighted by Gasteiger charge is 2.16. The monoisotopic (exact) mass is 414 g/mol. The molecule has 4 rings (SSSR count). The molecule has 1 fully saturated rings. The molecule has 1 amide bonds. The van der Waals surface area contributed by atoms with E-state index in [4.69, 9.17) is 9.94 Å². The number of hydrogen-bond acceptors (Lipinski definition) is 6. The SMILES string of the molecule is O=C(NO)c1cc(NC2CCOCC2)nc(-c2ccc(C#Cc3cccnc3)cc2)c1. The average Bonchev–Trinajstić information content (AvgIpc) is 2.83. The highest BCUT2D eigenvalue weighted by atomic mass is 16.5. The number of rotatable bonds is 4. The van der Waals surface area contributed by atoms with Gasteiger partial charge in [0.1, 0.15) is 5.82 Å². The number of nitrogens with zero attached hydrogens (tertiary/aromatic N) is 2. The predicted molar refractivity (Wildman–Crippen MR) is 117 cm³/mol. The topological polar surface area (TPSA) is 96.4 Å². The number of carbonyl (C=O) groups is 1. The number of anilines is 1. The van der Waals surface area contributed by atoms with Gasteiger partial charge >= 0.3 is 0 Å². The van der Waals surface area contributed by atoms with Crippen molar-refractivity contribution in [1.29, 1.82) is 0 Å². The van der Waals surface area contributed by atoms with Crippen molar-refractivity contribution in [3.8, 4) is 23.1 Å². The molecule has 0 saturated carbocycles. The summed E-state index contributed by atoms with van der Waals surface area (Å²) >= 11 is 0. The highest BCUT2D eigenvalue weighted by Crippen LogP contribution is 2.23. The van der Waals surface area contributed by atoms with Crippen molar-refractivity contribution in [1.82, 2.24) is 15.4 Å². The Labute approximate surface area is 180 Å². The maximum absolute atomic E-state index is 12.1. The lowest BCUT2D eigenvalue weighted by atomic mass is 10.1. The minimum atomic E-state index is -0.586. The quantitative estimate of drug-likeness (QED) is 0.345. The van der Waals surface area contributed by atoms with Gasteiger partial charge in [-0.25, -0.2) is 10.5 Å². The Hall–Kier alpha value is -3.73. The van der Waals surface area contributed by atoms with Gasteiger partial charge in [-0.2, -0.15) is 0 Å². The van der Waals surface area contributed by atoms with E-state index in [9.17, 15) is 4.79 Å². The van der Waals surface area contributed by atoms with Gasteiger partial charge in [0.05, 0.1) is 5.69 Å². The van der Waals surface area contributed by atoms with E-state index in [0.717, 1.165) is 29.5 Å². The van der Waals surface area contributed by atoms with E-state index in [1.54, 1.807) is 30.0 Å². The summed E-state index contributed by atoms with van der Waals surface area (Å²) in [6.07, 6.45) is 5.18. The van der Waals surface area contributed by atoms with Crippen LogP contribution in [0.25, 0.3) is 11.3 Å². The van der Waals surface area contributed by atoms with Crippen LogP contribution in [-0.4, -0.2) is 40.3 Å². The van der Waals surface area contributed by atoms with Gasteiger partial charge < -0.3 is 10.1 Å². The summed E-state index contributed by atoms with van der Waals surface area (Å²) in [6.45, 7) is 1.39. The third-order valence-electron chi connectivity index (χ3n) is 4.96. The number of aromatic nitrogens is 2. The number of pyridine rings is 2. The zero-order valence-corrected chi connectivity index (χ0v) is 16.8. The number of carbonyl (C=O) groups excluding carboxylic acids is 1. The summed E-state index contributed by atoms with van der Waals surface area (Å²) in [6, 6.07) is 14.9. The molecular weight excluding hydrogens is 392 g/mol. The third kappa shape index (κ3) is 5.45. The molecule has 1 saturated heterocycles. The Morgan fingerprint density at radius 3 is 2.55 bits per heavy atom. The number of hydrogen-bond donors (Lipinski definition) is 3. The minimum Gasteiger partial charge on any atom is -0.381 e. The molecule has 156 valence electrons. The standard InChI is InChI=1S/C24H22N4O3/c29-24(28-30)20-14-22(27-23(15-20)26-21-9-12-31-13-10-21)19-7-5-17(6-8-19)3-4-18-2-1-11-25-16-18/h1-2,5-8,11,14-16,21,30H,9-10,12-13H2,(H,26,27)(H,28,29). The first-order chi connectivity index (χ1) is 15.2. The van der Waals surface area contributed by atoms with Crippen molar-refractivity contribution in [2.45, 2.75) is 18.9 Å². The lowest BCUT2D eigenvalue weighted by Gasteiger charge is -2.24. The van der Waals surface area contributed by atoms with Crippen LogP contribution >= 0.6 is 0 Å². The van der Waals surface area contributed by atoms with Crippen LogP contribution in [0.5, 0.6) is 0 Å². The Bertz CT molecular complexity index is 1100. The summed E-state index contributed by atoms with van der Waals surface area (Å²) in [7, 11) is 0. The molecule has 7 heteroatoms. The summed E-state index contributed by atoms with van der Waals surface area (Å²) in [5.74, 6) is 6.19. The highest BCUT2D eigenvalue weighted by molar-refractivity contribution is 5.95. The molecule has 0 spiro atoms. The zero-order chi connectivity index (χ0) is 21.5. The molecule has 3 aromatic rings. The van der Waals surface area contributed by atoms with Crippen molar-refractivity contribution < 1.29 is 14.7 Å². The van der Waals surface area contributed by atoms with Gasteiger partial charge in [-0.3, -0.25) is 15.0 Å². The summed E-state index contributed by atoms with van der Waals surface area (Å²) in [5, 5.41) is 12.5. The minimum absolute atomic E-state index is 0.228. The largest absolute Gasteiger partial charge is 0.381 e. The van der Waals surface area contributed by atoms with Gasteiger partial charge in [0.25, 0.3) is 5.91 Å². The van der Waals surface area contributed by atoms with E-state index in [-0.39, 0.29) is 6.04 Å². The lowest BCUT2D eigenvalue weighted by Crippen LogP contribution is -2.28. The molecule has 0 radical (unpaired) electrons. The third-order valence-corrected chi connectivity index (χ3v) is 4.96. The molecule has 1 aliphatic heterocycles. The summed E-state index contributed by atoms with van der Waals surface area (Å²) in [4.78, 5) is 20.8. The van der Waals surface area contributed by atoms with Gasteiger partial charge in [0, 0.05) is 53.9 Å². The van der Waals surface area contributed by atoms with Gasteiger partial charge in [0.15, 0.2) is 0 Å². The number of hydroxylamine groups is 1. The summed E-state index contributed by atoms with van der Waals surface area (Å²) in [5.41, 5.74) is 5.19. The second kappa shape index (κ2) is 9.85. The molecule has 0 bridgehead atoms. The van der Waals surface area contributed by atoms with Crippen molar-refractivity contribution in [3.63, 3.8) is 0 Å². The van der Waals surface area contributed by atoms with E-state index in [0.29, 0.717) is 30.3 Å². The molecule has 1 aliphatic rings. The van der Waals surface area contributed by atoms with Crippen LogP contribution in [0.2, 0.25) is 0 Å². The maximum Gasteiger partial charge on any atom is 0.274 e. The Morgan fingerprint density at radius 1 is 1.06 bits per heavy atom. The van der Waals surface area contributed by atoms with E-state index >= 15 is 0 Å². The molecule has 3 heterocycles. The van der Waals surface area contributed by atoms with Gasteiger partial charge in [0.2, 0.25) is 0 Å². The van der Waals surface area contributed by atoms with E-state index < -0.39 is 5.91 Å². The van der Waals surface area contributed by atoms with E-state index in [2.05, 4.69) is 27.1 Å². The van der Waals surface area contributed by atoms with Crippen LogP contribution in [-0.2, 0) is 4.74 Å². The summed E-state index contributed by atoms with van der Waals surface area (Å²) < 4.78 is 5.40. The first-order valence-electron chi connectivity index (χ1n) is 10.0. The molecule has 2 aromatic heterocycles. The smallest absolute Gasteiger partial charge is 0.274 e. The van der Waals surface area contributed by atoms with E-state index in [1.165, 1.54) is 0 Å². The van der Waals surface area contributed by atoms with Crippen molar-refractivity contribution in [3.05, 3.63) is 77.6 Å². The van der Waals surface area contributed by atoms with Crippen molar-refractivity contribution >= 4 is 11.7 Å². The Morgan fingerprint density at radius 2 is 1.84 bits per heavy atom. The lowest BCUT2D eigenvalue weighted by molar-refractivity contribution is 0.0706. The van der Waals surface area contributed by atoms with Crippen molar-refractivity contribution in [2.24, 2.45) is 0 Å². The van der Waals surface area contributed by atoms with Gasteiger partial charge in [-0.05, 0) is 49.2 Å². The molecule has 3 N–H and O–H groups in total. The molecule has 7 nitrogen and oxygen atoms in total. The second-order valence-electron chi connectivity index (χ2n) is 7.17. The first kappa shape index (κ1) is 20.5. The molecule has 0 aliphatic carbocycles. The fourth-order valence-electron chi connectivity index (χ4n) is 3.30. The van der Waals surface area contributed by atoms with Crippen LogP contribution < -0.4 is 10.8 Å². The Balaban J connectivity index is 1.59. The number of amides is 1. The maximum atomic E-state index is 12.1. The number of nitrogens with one attached hydrogen (secondary N) is 2. The molecule has 31 heavy (non-hydrogen) atoms. The van der Waals surface area contributed by atoms with Gasteiger partial charge in [-0.1, -0.05) is 24.0 Å². The van der Waals surface area contributed by atoms with Crippen LogP contribution in [0.4, 0.5) is 5.82 Å². The predicted octanol–water partition coefficient (Wildman–Crippen LogP) is 3.25. The van der Waals surface area contributed by atoms with Gasteiger partial charge in [-0.15, -0.1) is 0 Å². The molecule has 0 atom stereocenters. The average molecular weight is 414 g/mol. The van der Waals surface area contributed by atoms with Crippen LogP contribution in [0.3, 0.4) is 0 Å². The molecule has 1 aromatic carbocycles. The van der Waals surface area contributed by atoms with Crippen LogP contribution in [0, 0.1) is 11.8 Å². The van der Waals surface area contributed by atoms with Crippen LogP contribution in [0.15, 0.2) is 60.9 Å². The molecule has 0 unspecified atom stereocenters. The molecular formula is C24H22N4O3. The zero-order valence-electron chi connectivity index (χ0n) is 16.8. The number of benzene rings is 1. The number of ether oxygens (including phenoxy) is 1. The fourth-order valence-corrected chi connectivity index (χ4v) is 3.30. The fraction of sp³-hybridized carbons (Fsp3) is 0.208.